The van der Waals surface area contributed by atoms with Crippen LogP contribution in [0.2, 0.25) is 0 Å². The first kappa shape index (κ1) is 9.12. The van der Waals surface area contributed by atoms with Crippen molar-refractivity contribution in [2.24, 2.45) is 5.73 Å². The highest BCUT2D eigenvalue weighted by atomic mass is 16.4. The van der Waals surface area contributed by atoms with Gasteiger partial charge in [0.1, 0.15) is 0 Å². The van der Waals surface area contributed by atoms with E-state index in [1.807, 2.05) is 0 Å². The largest absolute Gasteiger partial charge is 0.465 e. The number of amides is 1. The van der Waals surface area contributed by atoms with Crippen LogP contribution in [0.5, 0.6) is 0 Å². The topological polar surface area (TPSA) is 107 Å². The molecule has 0 spiro atoms. The van der Waals surface area contributed by atoms with Crippen molar-refractivity contribution in [2.45, 2.75) is 0 Å². The molecule has 0 aromatic carbocycles. The number of aliphatic hydroxyl groups excluding tert-OH is 1. The number of nitriles is 1. The minimum atomic E-state index is -1.33. The first-order chi connectivity index (χ1) is 3.15. The SMILES string of the molecule is N#CO.NC(=O)O. The van der Waals surface area contributed by atoms with Gasteiger partial charge in [-0.1, -0.05) is 0 Å². The number of nitrogens with zero attached hydrogens (tertiary/aromatic N) is 1. The Labute approximate surface area is 39.6 Å². The molecule has 0 radical (unpaired) electrons. The second-order valence-electron chi connectivity index (χ2n) is 0.438. The van der Waals surface area contributed by atoms with E-state index in [4.69, 9.17) is 20.3 Å². The molecule has 4 N–H and O–H groups in total. The number of aliphatic hydroxyl groups is 1. The number of hydrogen-bond acceptors (Lipinski definition) is 3. The lowest BCUT2D eigenvalue weighted by molar-refractivity contribution is 0.205. The molecular formula is C2H4N2O3. The Morgan fingerprint density at radius 3 is 1.86 bits per heavy atom. The van der Waals surface area contributed by atoms with Gasteiger partial charge in [-0.25, -0.2) is 4.79 Å². The standard InChI is InChI=1S/CH3NO2.CHNO/c2-1(3)4;2-1-3/h2H2,(H,3,4);3H. The van der Waals surface area contributed by atoms with Crippen molar-refractivity contribution in [3.05, 3.63) is 0 Å². The molecule has 5 heteroatoms. The van der Waals surface area contributed by atoms with Crippen molar-refractivity contribution >= 4 is 6.09 Å². The van der Waals surface area contributed by atoms with Crippen LogP contribution in [0.3, 0.4) is 0 Å². The van der Waals surface area contributed by atoms with E-state index >= 15 is 0 Å². The molecule has 0 bridgehead atoms. The Morgan fingerprint density at radius 1 is 1.86 bits per heavy atom. The van der Waals surface area contributed by atoms with Crippen LogP contribution in [-0.4, -0.2) is 16.3 Å². The van der Waals surface area contributed by atoms with Crippen molar-refractivity contribution in [3.63, 3.8) is 0 Å². The Kier molecular flexibility index (Phi) is 11.5. The summed E-state index contributed by atoms with van der Waals surface area (Å²) in [4.78, 5) is 8.78. The predicted molar refractivity (Wildman–Crippen MR) is 19.8 cm³/mol. The average molecular weight is 104 g/mol. The third-order valence-corrected chi connectivity index (χ3v) is 0. The van der Waals surface area contributed by atoms with Gasteiger partial charge in [0.2, 0.25) is 0 Å². The normalized spacial score (nSPS) is 4.43. The first-order valence-corrected chi connectivity index (χ1v) is 1.16. The predicted octanol–water partition coefficient (Wildman–Crippen LogP) is -0.537. The van der Waals surface area contributed by atoms with Gasteiger partial charge in [-0.3, -0.25) is 0 Å². The third kappa shape index (κ3) is 14.4. The smallest absolute Gasteiger partial charge is 0.402 e. The zero-order valence-electron chi connectivity index (χ0n) is 3.33. The Hall–Kier alpha value is -1.44. The number of primary amides is 1. The highest BCUT2D eigenvalue weighted by molar-refractivity contribution is 5.61. The van der Waals surface area contributed by atoms with E-state index in [0.717, 1.165) is 6.26 Å². The van der Waals surface area contributed by atoms with Crippen LogP contribution in [0.4, 0.5) is 4.79 Å². The maximum absolute atomic E-state index is 8.78. The molecule has 40 valence electrons. The molecule has 0 aliphatic heterocycles. The lowest BCUT2D eigenvalue weighted by Crippen LogP contribution is -2.03. The van der Waals surface area contributed by atoms with Gasteiger partial charge in [0.15, 0.2) is 0 Å². The number of rotatable bonds is 0. The lowest BCUT2D eigenvalue weighted by Gasteiger charge is -1.61. The van der Waals surface area contributed by atoms with Crippen molar-refractivity contribution in [1.82, 2.24) is 0 Å². The lowest BCUT2D eigenvalue weighted by atomic mass is 11.3. The van der Waals surface area contributed by atoms with Crippen LogP contribution in [0.25, 0.3) is 0 Å². The molecule has 0 aliphatic carbocycles. The van der Waals surface area contributed by atoms with Gasteiger partial charge >= 0.3 is 6.09 Å². The van der Waals surface area contributed by atoms with Gasteiger partial charge in [-0.15, -0.1) is 0 Å². The van der Waals surface area contributed by atoms with Gasteiger partial charge in [-0.05, 0) is 0 Å². The molecule has 0 heterocycles. The van der Waals surface area contributed by atoms with Crippen molar-refractivity contribution < 1.29 is 15.0 Å². The third-order valence-electron chi connectivity index (χ3n) is 0. The fourth-order valence-electron chi connectivity index (χ4n) is 0. The van der Waals surface area contributed by atoms with Gasteiger partial charge in [0, 0.05) is 0 Å². The quantitative estimate of drug-likeness (QED) is 0.359. The Balaban J connectivity index is 0. The molecule has 0 fully saturated rings. The van der Waals surface area contributed by atoms with Gasteiger partial charge in [-0.2, -0.15) is 5.26 Å². The molecule has 0 rings (SSSR count). The molecule has 1 amide bonds. The summed E-state index contributed by atoms with van der Waals surface area (Å²) in [5, 5.41) is 20.9. The molecule has 0 aromatic heterocycles. The number of carboxylic acid groups (broad SMARTS) is 1. The zero-order valence-corrected chi connectivity index (χ0v) is 3.33. The number of nitrogens with two attached hydrogens (primary N) is 1. The molecule has 0 aromatic rings. The summed E-state index contributed by atoms with van der Waals surface area (Å²) in [6.07, 6.45) is -0.583. The van der Waals surface area contributed by atoms with Crippen LogP contribution in [0.1, 0.15) is 0 Å². The second-order valence-corrected chi connectivity index (χ2v) is 0.438. The maximum Gasteiger partial charge on any atom is 0.402 e. The summed E-state index contributed by atoms with van der Waals surface area (Å²) < 4.78 is 0. The molecule has 0 atom stereocenters. The minimum Gasteiger partial charge on any atom is -0.465 e. The summed E-state index contributed by atoms with van der Waals surface area (Å²) in [6, 6.07) is 0. The second kappa shape index (κ2) is 8.82. The van der Waals surface area contributed by atoms with E-state index in [0.29, 0.717) is 0 Å². The van der Waals surface area contributed by atoms with E-state index < -0.39 is 6.09 Å². The van der Waals surface area contributed by atoms with Crippen LogP contribution < -0.4 is 5.73 Å². The fourth-order valence-corrected chi connectivity index (χ4v) is 0. The summed E-state index contributed by atoms with van der Waals surface area (Å²) in [5.74, 6) is 0. The summed E-state index contributed by atoms with van der Waals surface area (Å²) in [7, 11) is 0. The summed E-state index contributed by atoms with van der Waals surface area (Å²) >= 11 is 0. The molecule has 7 heavy (non-hydrogen) atoms. The van der Waals surface area contributed by atoms with Crippen LogP contribution >= 0.6 is 0 Å². The van der Waals surface area contributed by atoms with Crippen LogP contribution in [0, 0.1) is 11.5 Å². The van der Waals surface area contributed by atoms with Crippen molar-refractivity contribution in [1.29, 1.82) is 5.26 Å². The van der Waals surface area contributed by atoms with Gasteiger partial charge < -0.3 is 15.9 Å². The van der Waals surface area contributed by atoms with Crippen molar-refractivity contribution in [2.75, 3.05) is 0 Å². The Morgan fingerprint density at radius 2 is 1.86 bits per heavy atom. The number of hydrogen-bond donors (Lipinski definition) is 3. The fraction of sp³-hybridized carbons (Fsp3) is 0. The van der Waals surface area contributed by atoms with Crippen LogP contribution in [0.15, 0.2) is 0 Å². The van der Waals surface area contributed by atoms with Gasteiger partial charge in [0.25, 0.3) is 6.26 Å². The van der Waals surface area contributed by atoms with E-state index in [1.54, 1.807) is 0 Å². The first-order valence-electron chi connectivity index (χ1n) is 1.16. The molecular weight excluding hydrogens is 100 g/mol. The van der Waals surface area contributed by atoms with E-state index in [9.17, 15) is 0 Å². The summed E-state index contributed by atoms with van der Waals surface area (Å²) in [5.41, 5.74) is 4.03. The van der Waals surface area contributed by atoms with Gasteiger partial charge in [0.05, 0.1) is 0 Å². The Bertz CT molecular complexity index is 79.4. The summed E-state index contributed by atoms with van der Waals surface area (Å²) in [6.45, 7) is 0. The molecule has 0 saturated carbocycles. The van der Waals surface area contributed by atoms with E-state index in [2.05, 4.69) is 5.73 Å². The number of carbonyl (C=O) groups is 1. The molecule has 0 aliphatic rings. The maximum atomic E-state index is 8.78. The highest BCUT2D eigenvalue weighted by Gasteiger charge is 1.65. The monoisotopic (exact) mass is 104 g/mol. The zero-order chi connectivity index (χ0) is 6.28. The molecule has 0 unspecified atom stereocenters. The molecule has 5 nitrogen and oxygen atoms in total. The van der Waals surface area contributed by atoms with E-state index in [-0.39, 0.29) is 0 Å². The van der Waals surface area contributed by atoms with Crippen LogP contribution in [-0.2, 0) is 0 Å². The molecule has 0 saturated heterocycles. The average Bonchev–Trinajstić information content (AvgIpc) is 1.33. The minimum absolute atomic E-state index is 0.750. The van der Waals surface area contributed by atoms with Crippen molar-refractivity contribution in [3.8, 4) is 6.26 Å². The highest BCUT2D eigenvalue weighted by Crippen LogP contribution is 1.34. The van der Waals surface area contributed by atoms with E-state index in [1.165, 1.54) is 0 Å².